The highest BCUT2D eigenvalue weighted by Crippen LogP contribution is 2.46. The van der Waals surface area contributed by atoms with E-state index in [9.17, 15) is 10.2 Å². The molecule has 286 valence electrons. The minimum atomic E-state index is 0.308. The van der Waals surface area contributed by atoms with E-state index in [-0.39, 0.29) is 0 Å². The molecule has 4 nitrogen and oxygen atoms in total. The van der Waals surface area contributed by atoms with Crippen LogP contribution in [0.2, 0.25) is 0 Å². The number of aromatic nitrogens is 2. The summed E-state index contributed by atoms with van der Waals surface area (Å²) < 4.78 is 4.41. The summed E-state index contributed by atoms with van der Waals surface area (Å²) in [7, 11) is 0. The van der Waals surface area contributed by atoms with Gasteiger partial charge in [-0.25, -0.2) is 0 Å². The van der Waals surface area contributed by atoms with E-state index in [1.165, 1.54) is 31.3 Å². The van der Waals surface area contributed by atoms with Crippen molar-refractivity contribution >= 4 is 89.8 Å². The van der Waals surface area contributed by atoms with Crippen molar-refractivity contribution in [3.63, 3.8) is 0 Å². The first-order valence-electron chi connectivity index (χ1n) is 19.5. The number of hydrogen-bond donors (Lipinski definition) is 2. The summed E-state index contributed by atoms with van der Waals surface area (Å²) in [5.74, 6) is 2.60. The number of thiophene rings is 2. The Hall–Kier alpha value is -5.38. The number of fused-ring (bicyclic) bond motifs is 6. The fourth-order valence-corrected chi connectivity index (χ4v) is 12.6. The third-order valence-electron chi connectivity index (χ3n) is 11.0. The molecule has 0 atom stereocenters. The minimum absolute atomic E-state index is 0.308. The van der Waals surface area contributed by atoms with Gasteiger partial charge < -0.3 is 19.3 Å². The average molecular weight is 829 g/mol. The molecule has 0 aliphatic rings. The van der Waals surface area contributed by atoms with Gasteiger partial charge in [0.25, 0.3) is 0 Å². The normalized spacial score (nSPS) is 11.8. The maximum absolute atomic E-state index is 12.0. The maximum Gasteiger partial charge on any atom is 0.147 e. The summed E-state index contributed by atoms with van der Waals surface area (Å²) >= 11 is 7.13. The highest BCUT2D eigenvalue weighted by Gasteiger charge is 2.22. The summed E-state index contributed by atoms with van der Waals surface area (Å²) in [6, 6.07) is 42.2. The number of rotatable bonds is 11. The molecule has 4 aromatic heterocycles. The predicted molar refractivity (Wildman–Crippen MR) is 252 cm³/mol. The number of hydrogen-bond acceptors (Lipinski definition) is 6. The monoisotopic (exact) mass is 828 g/mol. The highest BCUT2D eigenvalue weighted by atomic mass is 32.2. The number of benzene rings is 6. The van der Waals surface area contributed by atoms with Gasteiger partial charge in [-0.05, 0) is 109 Å². The van der Waals surface area contributed by atoms with Crippen LogP contribution in [0.1, 0.15) is 24.0 Å². The summed E-state index contributed by atoms with van der Waals surface area (Å²) in [5.41, 5.74) is 12.1. The first-order chi connectivity index (χ1) is 28.5. The van der Waals surface area contributed by atoms with Crippen LogP contribution < -0.4 is 0 Å². The first-order valence-corrected chi connectivity index (χ1v) is 23.3. The Bertz CT molecular complexity index is 2830. The Morgan fingerprint density at radius 2 is 0.793 bits per heavy atom. The van der Waals surface area contributed by atoms with E-state index in [0.717, 1.165) is 91.2 Å². The van der Waals surface area contributed by atoms with Gasteiger partial charge in [0, 0.05) is 64.3 Å². The van der Waals surface area contributed by atoms with Crippen molar-refractivity contribution in [3.05, 3.63) is 154 Å². The molecule has 0 fully saturated rings. The van der Waals surface area contributed by atoms with Crippen molar-refractivity contribution in [1.29, 1.82) is 0 Å². The lowest BCUT2D eigenvalue weighted by Gasteiger charge is -2.15. The van der Waals surface area contributed by atoms with E-state index in [1.807, 2.05) is 23.5 Å². The van der Waals surface area contributed by atoms with E-state index < -0.39 is 0 Å². The second kappa shape index (κ2) is 15.4. The van der Waals surface area contributed by atoms with Gasteiger partial charge in [0.1, 0.15) is 11.5 Å². The third-order valence-corrected chi connectivity index (χ3v) is 15.1. The van der Waals surface area contributed by atoms with E-state index >= 15 is 0 Å². The van der Waals surface area contributed by atoms with Crippen LogP contribution >= 0.6 is 46.2 Å². The van der Waals surface area contributed by atoms with Crippen LogP contribution in [0.25, 0.3) is 77.2 Å². The minimum Gasteiger partial charge on any atom is -0.505 e. The second-order valence-electron chi connectivity index (χ2n) is 14.8. The molecule has 6 aromatic carbocycles. The quantitative estimate of drug-likeness (QED) is 0.101. The molecule has 4 heterocycles. The lowest BCUT2D eigenvalue weighted by molar-refractivity contribution is 0.474. The van der Waals surface area contributed by atoms with Crippen LogP contribution in [0.3, 0.4) is 0 Å². The van der Waals surface area contributed by atoms with Crippen LogP contribution in [0.15, 0.2) is 153 Å². The SMILES string of the molecule is Cc1cc(-c2cscc2SCCCCSc2cscc2-c2cc(C)cc(-n3c4ccccc4c4ccccc43)c2O)c(O)c(-n2c3ccccc3c3ccccc32)c1. The maximum atomic E-state index is 12.0. The fraction of sp³-hybridized carbons (Fsp3) is 0.120. The Balaban J connectivity index is 0.845. The smallest absolute Gasteiger partial charge is 0.147 e. The van der Waals surface area contributed by atoms with E-state index in [1.54, 1.807) is 22.7 Å². The molecule has 10 rings (SSSR count). The van der Waals surface area contributed by atoms with Gasteiger partial charge in [-0.15, -0.1) is 23.5 Å². The number of thioether (sulfide) groups is 2. The van der Waals surface area contributed by atoms with E-state index in [2.05, 4.69) is 166 Å². The van der Waals surface area contributed by atoms with Gasteiger partial charge >= 0.3 is 0 Å². The molecule has 0 amide bonds. The molecular formula is C50H40N2O2S4. The molecule has 0 saturated heterocycles. The average Bonchev–Trinajstić information content (AvgIpc) is 4.05. The summed E-state index contributed by atoms with van der Waals surface area (Å²) in [4.78, 5) is 2.42. The summed E-state index contributed by atoms with van der Waals surface area (Å²) in [5, 5.41) is 37.4. The van der Waals surface area contributed by atoms with E-state index in [4.69, 9.17) is 0 Å². The van der Waals surface area contributed by atoms with Gasteiger partial charge in [-0.3, -0.25) is 0 Å². The Morgan fingerprint density at radius 3 is 1.16 bits per heavy atom. The Morgan fingerprint density at radius 1 is 0.448 bits per heavy atom. The Labute approximate surface area is 354 Å². The summed E-state index contributed by atoms with van der Waals surface area (Å²) in [6.45, 7) is 4.22. The summed E-state index contributed by atoms with van der Waals surface area (Å²) in [6.07, 6.45) is 2.15. The van der Waals surface area contributed by atoms with Gasteiger partial charge in [-0.2, -0.15) is 22.7 Å². The molecule has 0 aliphatic carbocycles. The molecule has 0 bridgehead atoms. The van der Waals surface area contributed by atoms with Crippen LogP contribution in [-0.4, -0.2) is 30.9 Å². The third kappa shape index (κ3) is 6.39. The number of nitrogens with zero attached hydrogens (tertiary/aromatic N) is 2. The molecule has 58 heavy (non-hydrogen) atoms. The molecule has 0 radical (unpaired) electrons. The largest absolute Gasteiger partial charge is 0.505 e. The van der Waals surface area contributed by atoms with Gasteiger partial charge in [0.15, 0.2) is 0 Å². The highest BCUT2D eigenvalue weighted by molar-refractivity contribution is 7.99. The van der Waals surface area contributed by atoms with Crippen molar-refractivity contribution in [2.24, 2.45) is 0 Å². The topological polar surface area (TPSA) is 50.3 Å². The zero-order chi connectivity index (χ0) is 39.3. The fourth-order valence-electron chi connectivity index (χ4n) is 8.39. The molecular weight excluding hydrogens is 789 g/mol. The van der Waals surface area contributed by atoms with Crippen molar-refractivity contribution in [3.8, 4) is 45.1 Å². The first kappa shape index (κ1) is 36.9. The predicted octanol–water partition coefficient (Wildman–Crippen LogP) is 15.0. The number of phenolic OH excluding ortho intramolecular Hbond substituents is 2. The van der Waals surface area contributed by atoms with Gasteiger partial charge in [0.2, 0.25) is 0 Å². The van der Waals surface area contributed by atoms with Crippen LogP contribution in [-0.2, 0) is 0 Å². The van der Waals surface area contributed by atoms with Crippen molar-refractivity contribution in [2.75, 3.05) is 11.5 Å². The molecule has 8 heteroatoms. The molecule has 0 spiro atoms. The van der Waals surface area contributed by atoms with E-state index in [0.29, 0.717) is 11.5 Å². The van der Waals surface area contributed by atoms with Gasteiger partial charge in [0.05, 0.1) is 33.4 Å². The van der Waals surface area contributed by atoms with Crippen LogP contribution in [0.4, 0.5) is 0 Å². The lowest BCUT2D eigenvalue weighted by Crippen LogP contribution is -1.97. The molecule has 2 N–H and O–H groups in total. The Kier molecular flexibility index (Phi) is 9.82. The van der Waals surface area contributed by atoms with Gasteiger partial charge in [-0.1, -0.05) is 72.8 Å². The number of para-hydroxylation sites is 4. The lowest BCUT2D eigenvalue weighted by atomic mass is 10.0. The number of aryl methyl sites for hydroxylation is 2. The van der Waals surface area contributed by atoms with Crippen molar-refractivity contribution in [2.45, 2.75) is 36.5 Å². The second-order valence-corrected chi connectivity index (χ2v) is 18.6. The zero-order valence-corrected chi connectivity index (χ0v) is 35.4. The number of unbranched alkanes of at least 4 members (excludes halogenated alkanes) is 1. The van der Waals surface area contributed by atoms with Crippen LogP contribution in [0, 0.1) is 13.8 Å². The number of phenols is 2. The molecule has 10 aromatic rings. The zero-order valence-electron chi connectivity index (χ0n) is 32.1. The van der Waals surface area contributed by atoms with Crippen LogP contribution in [0.5, 0.6) is 11.5 Å². The van der Waals surface area contributed by atoms with Crippen molar-refractivity contribution in [1.82, 2.24) is 9.13 Å². The molecule has 0 unspecified atom stereocenters. The standard InChI is InChI=1S/C50H40N2O2S4/c1-31-23-37(49(53)45(25-31)51-41-17-7-3-13-33(41)34-14-4-8-18-42(34)51)39-27-55-29-47(39)57-21-11-12-22-58-48-30-56-28-40(48)38-24-32(2)26-46(50(38)54)52-43-19-9-5-15-35(43)36-16-6-10-20-44(36)52/h3-10,13-20,23-30,53-54H,11-12,21-22H2,1-2H3. The molecule has 0 saturated carbocycles. The molecule has 0 aliphatic heterocycles. The number of aromatic hydroxyl groups is 2. The van der Waals surface area contributed by atoms with Crippen molar-refractivity contribution < 1.29 is 10.2 Å².